The number of rotatable bonds is 3. The highest BCUT2D eigenvalue weighted by Crippen LogP contribution is 2.60. The maximum atomic E-state index is 13.5. The molecule has 8 heteroatoms. The van der Waals surface area contributed by atoms with Gasteiger partial charge < -0.3 is 10.4 Å². The van der Waals surface area contributed by atoms with Crippen LogP contribution >= 0.6 is 0 Å². The van der Waals surface area contributed by atoms with Crippen molar-refractivity contribution in [3.63, 3.8) is 0 Å². The first-order valence-electron chi connectivity index (χ1n) is 11.5. The number of aliphatic imine (C=N–C) groups is 2. The lowest BCUT2D eigenvalue weighted by atomic mass is 9.51. The number of imidazole rings is 1. The molecule has 0 spiro atoms. The lowest BCUT2D eigenvalue weighted by molar-refractivity contribution is -0.156. The van der Waals surface area contributed by atoms with Crippen molar-refractivity contribution in [2.24, 2.45) is 28.9 Å². The molecular weight excluding hydrogens is 416 g/mol. The van der Waals surface area contributed by atoms with Crippen molar-refractivity contribution < 1.29 is 5.11 Å². The summed E-state index contributed by atoms with van der Waals surface area (Å²) in [7, 11) is 1.77. The molecule has 2 N–H and O–H groups in total. The largest absolute Gasteiger partial charge is 0.390 e. The zero-order chi connectivity index (χ0) is 23.5. The number of hydrogen-bond acceptors (Lipinski definition) is 4. The Morgan fingerprint density at radius 1 is 1.27 bits per heavy atom. The number of guanidine groups is 1. The van der Waals surface area contributed by atoms with Gasteiger partial charge in [0.05, 0.1) is 28.5 Å². The summed E-state index contributed by atoms with van der Waals surface area (Å²) >= 11 is 0. The van der Waals surface area contributed by atoms with Crippen molar-refractivity contribution in [2.45, 2.75) is 63.5 Å². The quantitative estimate of drug-likeness (QED) is 0.555. The number of anilines is 1. The van der Waals surface area contributed by atoms with Gasteiger partial charge in [-0.25, -0.2) is 9.79 Å². The molecule has 2 unspecified atom stereocenters. The number of benzene rings is 1. The topological polar surface area (TPSA) is 108 Å². The van der Waals surface area contributed by atoms with Crippen LogP contribution in [0.25, 0.3) is 0 Å². The van der Waals surface area contributed by atoms with E-state index in [1.54, 1.807) is 23.7 Å². The Morgan fingerprint density at radius 2 is 1.97 bits per heavy atom. The second-order valence-electron chi connectivity index (χ2n) is 10.4. The summed E-state index contributed by atoms with van der Waals surface area (Å²) in [5, 5.41) is 23.6. The number of nitrogens with one attached hydrogen (secondary N) is 1. The first-order valence-corrected chi connectivity index (χ1v) is 11.5. The van der Waals surface area contributed by atoms with Crippen LogP contribution in [-0.2, 0) is 12.6 Å². The van der Waals surface area contributed by atoms with Crippen LogP contribution in [0.15, 0.2) is 33.0 Å². The molecule has 0 saturated heterocycles. The molecule has 1 aromatic carbocycles. The molecular formula is C25H30N6O2. The van der Waals surface area contributed by atoms with Gasteiger partial charge in [0.15, 0.2) is 5.82 Å². The van der Waals surface area contributed by atoms with Crippen LogP contribution in [0.1, 0.15) is 55.3 Å². The van der Waals surface area contributed by atoms with E-state index in [2.05, 4.69) is 23.1 Å². The highest BCUT2D eigenvalue weighted by Gasteiger charge is 2.59. The van der Waals surface area contributed by atoms with Crippen LogP contribution in [0, 0.1) is 37.0 Å². The van der Waals surface area contributed by atoms with E-state index < -0.39 is 11.1 Å². The normalized spacial score (nSPS) is 30.3. The van der Waals surface area contributed by atoms with Gasteiger partial charge in [-0.15, -0.1) is 0 Å². The predicted molar refractivity (Wildman–Crippen MR) is 128 cm³/mol. The Kier molecular flexibility index (Phi) is 4.87. The Labute approximate surface area is 193 Å². The lowest BCUT2D eigenvalue weighted by Crippen LogP contribution is -2.61. The SMILES string of the molecule is C=NC(=Nc1c(C)n(C)c(=O)n1C12CC3CC(CC(O)(C3)C1)C2)Nc1ccc(C#N)cc1C. The third kappa shape index (κ3) is 3.42. The van der Waals surface area contributed by atoms with Gasteiger partial charge in [-0.2, -0.15) is 10.3 Å². The average molecular weight is 447 g/mol. The van der Waals surface area contributed by atoms with Gasteiger partial charge in [0.1, 0.15) is 0 Å². The standard InChI is InChI=1S/C25H30N6O2/c1-15-7-17(13-26)5-6-20(15)28-22(27-3)29-21-16(2)30(4)23(32)31(21)24-9-18-8-19(10-24)12-25(33,11-18)14-24/h5-7,18-19,33H,3,8-12,14H2,1-2,4H3,(H,28,29). The Morgan fingerprint density at radius 3 is 2.55 bits per heavy atom. The van der Waals surface area contributed by atoms with Crippen LogP contribution in [0.5, 0.6) is 0 Å². The summed E-state index contributed by atoms with van der Waals surface area (Å²) in [5.41, 5.74) is 1.78. The van der Waals surface area contributed by atoms with E-state index in [1.807, 2.05) is 24.5 Å². The zero-order valence-electron chi connectivity index (χ0n) is 19.4. The van der Waals surface area contributed by atoms with E-state index >= 15 is 0 Å². The fraction of sp³-hybridized carbons (Fsp3) is 0.520. The lowest BCUT2D eigenvalue weighted by Gasteiger charge is -2.60. The van der Waals surface area contributed by atoms with Gasteiger partial charge in [0, 0.05) is 12.7 Å². The van der Waals surface area contributed by atoms with E-state index in [0.29, 0.717) is 29.6 Å². The number of nitrogens with zero attached hydrogens (tertiary/aromatic N) is 5. The smallest absolute Gasteiger partial charge is 0.330 e. The summed E-state index contributed by atoms with van der Waals surface area (Å²) in [5.74, 6) is 1.73. The van der Waals surface area contributed by atoms with Gasteiger partial charge in [-0.05, 0) is 94.7 Å². The molecule has 1 heterocycles. The molecule has 2 atom stereocenters. The van der Waals surface area contributed by atoms with Gasteiger partial charge in [-0.3, -0.25) is 9.13 Å². The highest BCUT2D eigenvalue weighted by molar-refractivity contribution is 5.98. The third-order valence-corrected chi connectivity index (χ3v) is 7.95. The van der Waals surface area contributed by atoms with Crippen molar-refractivity contribution >= 4 is 24.2 Å². The van der Waals surface area contributed by atoms with Crippen LogP contribution in [-0.4, -0.2) is 32.5 Å². The van der Waals surface area contributed by atoms with Crippen molar-refractivity contribution in [1.29, 1.82) is 5.26 Å². The fourth-order valence-electron chi connectivity index (χ4n) is 6.88. The van der Waals surface area contributed by atoms with Crippen LogP contribution in [0.3, 0.4) is 0 Å². The highest BCUT2D eigenvalue weighted by atomic mass is 16.3. The Hall–Kier alpha value is -3.18. The van der Waals surface area contributed by atoms with Gasteiger partial charge >= 0.3 is 5.69 Å². The second-order valence-corrected chi connectivity index (χ2v) is 10.4. The number of aromatic nitrogens is 2. The molecule has 0 aliphatic heterocycles. The van der Waals surface area contributed by atoms with Crippen LogP contribution in [0.4, 0.5) is 11.5 Å². The monoisotopic (exact) mass is 446 g/mol. The minimum absolute atomic E-state index is 0.102. The third-order valence-electron chi connectivity index (χ3n) is 7.95. The fourth-order valence-corrected chi connectivity index (χ4v) is 6.88. The van der Waals surface area contributed by atoms with Gasteiger partial charge in [0.25, 0.3) is 0 Å². The van der Waals surface area contributed by atoms with Crippen LogP contribution in [0.2, 0.25) is 0 Å². The van der Waals surface area contributed by atoms with E-state index in [1.165, 1.54) is 0 Å². The number of hydrogen-bond donors (Lipinski definition) is 2. The van der Waals surface area contributed by atoms with E-state index in [0.717, 1.165) is 49.0 Å². The molecule has 172 valence electrons. The molecule has 4 aliphatic rings. The maximum Gasteiger partial charge on any atom is 0.330 e. The molecule has 2 aromatic rings. The van der Waals surface area contributed by atoms with Crippen LogP contribution < -0.4 is 11.0 Å². The molecule has 0 amide bonds. The minimum Gasteiger partial charge on any atom is -0.390 e. The molecule has 8 nitrogen and oxygen atoms in total. The first kappa shape index (κ1) is 21.7. The molecule has 4 fully saturated rings. The van der Waals surface area contributed by atoms with Crippen molar-refractivity contribution in [2.75, 3.05) is 5.32 Å². The number of aryl methyl sites for hydroxylation is 1. The van der Waals surface area contributed by atoms with Gasteiger partial charge in [0.2, 0.25) is 5.96 Å². The minimum atomic E-state index is -0.689. The Balaban J connectivity index is 1.59. The summed E-state index contributed by atoms with van der Waals surface area (Å²) in [6.45, 7) is 7.47. The van der Waals surface area contributed by atoms with E-state index in [4.69, 9.17) is 10.3 Å². The Bertz CT molecular complexity index is 1260. The molecule has 4 saturated carbocycles. The van der Waals surface area contributed by atoms with Crippen molar-refractivity contribution in [1.82, 2.24) is 9.13 Å². The number of aliphatic hydroxyl groups is 1. The zero-order valence-corrected chi connectivity index (χ0v) is 19.4. The predicted octanol–water partition coefficient (Wildman–Crippen LogP) is 3.52. The van der Waals surface area contributed by atoms with Crippen molar-refractivity contribution in [3.8, 4) is 6.07 Å². The van der Waals surface area contributed by atoms with Gasteiger partial charge in [-0.1, -0.05) is 0 Å². The first-order chi connectivity index (χ1) is 15.7. The van der Waals surface area contributed by atoms with E-state index in [-0.39, 0.29) is 11.6 Å². The average Bonchev–Trinajstić information content (AvgIpc) is 2.96. The summed E-state index contributed by atoms with van der Waals surface area (Å²) in [6.07, 6.45) is 5.21. The van der Waals surface area contributed by atoms with Crippen molar-refractivity contribution in [3.05, 3.63) is 45.5 Å². The van der Waals surface area contributed by atoms with E-state index in [9.17, 15) is 9.90 Å². The maximum absolute atomic E-state index is 13.5. The molecule has 4 aliphatic carbocycles. The second kappa shape index (κ2) is 7.42. The molecule has 0 radical (unpaired) electrons. The molecule has 4 bridgehead atoms. The molecule has 33 heavy (non-hydrogen) atoms. The summed E-state index contributed by atoms with van der Waals surface area (Å²) in [6, 6.07) is 7.48. The summed E-state index contributed by atoms with van der Waals surface area (Å²) < 4.78 is 3.47. The molecule has 1 aromatic heterocycles. The molecule has 6 rings (SSSR count). The number of nitriles is 1. The summed E-state index contributed by atoms with van der Waals surface area (Å²) in [4.78, 5) is 22.3.